The molecule has 0 spiro atoms. The van der Waals surface area contributed by atoms with Crippen molar-refractivity contribution in [3.05, 3.63) is 63.2 Å². The van der Waals surface area contributed by atoms with Crippen LogP contribution in [0, 0.1) is 13.8 Å². The molecule has 126 valence electrons. The Kier molecular flexibility index (Phi) is 4.27. The van der Waals surface area contributed by atoms with Gasteiger partial charge in [0.05, 0.1) is 27.3 Å². The predicted octanol–water partition coefficient (Wildman–Crippen LogP) is 5.09. The van der Waals surface area contributed by atoms with Crippen molar-refractivity contribution in [3.8, 4) is 22.2 Å². The molecule has 0 saturated carbocycles. The molecule has 4 rings (SSSR count). The summed E-state index contributed by atoms with van der Waals surface area (Å²) in [5.74, 6) is 1.16. The quantitative estimate of drug-likeness (QED) is 0.466. The van der Waals surface area contributed by atoms with Gasteiger partial charge in [0.2, 0.25) is 5.82 Å². The molecule has 5 nitrogen and oxygen atoms in total. The largest absolute Gasteiger partial charge is 0.334 e. The van der Waals surface area contributed by atoms with Crippen molar-refractivity contribution in [2.75, 3.05) is 0 Å². The standard InChI is InChI=1S/C18H15BrN4OS/c1-11-16(19)12(2)23(21-11)10-13-5-7-14(8-6-13)18-20-17(22-24-18)15-4-3-9-25-15/h3-9H,10H2,1-2H3. The Hall–Kier alpha value is -2.25. The molecular weight excluding hydrogens is 400 g/mol. The zero-order valence-corrected chi connectivity index (χ0v) is 16.1. The third kappa shape index (κ3) is 3.17. The minimum absolute atomic E-state index is 0.531. The maximum Gasteiger partial charge on any atom is 0.258 e. The minimum atomic E-state index is 0.531. The number of benzene rings is 1. The number of rotatable bonds is 4. The van der Waals surface area contributed by atoms with Gasteiger partial charge in [-0.3, -0.25) is 4.68 Å². The SMILES string of the molecule is Cc1nn(Cc2ccc(-c3nc(-c4cccs4)no3)cc2)c(C)c1Br. The summed E-state index contributed by atoms with van der Waals surface area (Å²) in [6.07, 6.45) is 0. The zero-order chi connectivity index (χ0) is 17.4. The van der Waals surface area contributed by atoms with Crippen LogP contribution in [0.3, 0.4) is 0 Å². The van der Waals surface area contributed by atoms with Gasteiger partial charge in [-0.25, -0.2) is 0 Å². The van der Waals surface area contributed by atoms with Crippen molar-refractivity contribution in [3.63, 3.8) is 0 Å². The summed E-state index contributed by atoms with van der Waals surface area (Å²) in [6.45, 7) is 4.78. The number of thiophene rings is 1. The van der Waals surface area contributed by atoms with E-state index in [1.54, 1.807) is 11.3 Å². The first-order valence-electron chi connectivity index (χ1n) is 7.78. The number of hydrogen-bond acceptors (Lipinski definition) is 5. The highest BCUT2D eigenvalue weighted by Crippen LogP contribution is 2.26. The van der Waals surface area contributed by atoms with Gasteiger partial charge < -0.3 is 4.52 Å². The van der Waals surface area contributed by atoms with E-state index in [0.29, 0.717) is 11.7 Å². The van der Waals surface area contributed by atoms with Crippen LogP contribution >= 0.6 is 27.3 Å². The van der Waals surface area contributed by atoms with Crippen molar-refractivity contribution < 1.29 is 4.52 Å². The number of hydrogen-bond donors (Lipinski definition) is 0. The Labute approximate surface area is 157 Å². The van der Waals surface area contributed by atoms with Crippen LogP contribution in [0.1, 0.15) is 17.0 Å². The van der Waals surface area contributed by atoms with Gasteiger partial charge >= 0.3 is 0 Å². The molecular formula is C18H15BrN4OS. The van der Waals surface area contributed by atoms with Crippen LogP contribution in [0.15, 0.2) is 50.8 Å². The van der Waals surface area contributed by atoms with E-state index in [4.69, 9.17) is 4.52 Å². The first-order chi connectivity index (χ1) is 12.1. The van der Waals surface area contributed by atoms with Gasteiger partial charge in [0, 0.05) is 5.56 Å². The first-order valence-corrected chi connectivity index (χ1v) is 9.45. The Morgan fingerprint density at radius 1 is 1.16 bits per heavy atom. The molecule has 0 bridgehead atoms. The summed E-state index contributed by atoms with van der Waals surface area (Å²) in [4.78, 5) is 5.48. The molecule has 0 fully saturated rings. The van der Waals surface area contributed by atoms with E-state index in [1.807, 2.05) is 41.3 Å². The number of aromatic nitrogens is 4. The van der Waals surface area contributed by atoms with E-state index in [1.165, 1.54) is 5.56 Å². The molecule has 4 aromatic rings. The lowest BCUT2D eigenvalue weighted by Gasteiger charge is -2.05. The van der Waals surface area contributed by atoms with Crippen LogP contribution in [-0.4, -0.2) is 19.9 Å². The zero-order valence-electron chi connectivity index (χ0n) is 13.7. The van der Waals surface area contributed by atoms with Crippen LogP contribution < -0.4 is 0 Å². The molecule has 7 heteroatoms. The maximum absolute atomic E-state index is 5.39. The van der Waals surface area contributed by atoms with E-state index in [0.717, 1.165) is 32.8 Å². The van der Waals surface area contributed by atoms with Gasteiger partial charge in [-0.15, -0.1) is 11.3 Å². The van der Waals surface area contributed by atoms with E-state index in [9.17, 15) is 0 Å². The maximum atomic E-state index is 5.39. The molecule has 0 aliphatic carbocycles. The van der Waals surface area contributed by atoms with Crippen molar-refractivity contribution in [1.82, 2.24) is 19.9 Å². The average Bonchev–Trinajstić information content (AvgIpc) is 3.35. The Bertz CT molecular complexity index is 1000. The molecule has 0 amide bonds. The average molecular weight is 415 g/mol. The molecule has 0 aliphatic rings. The molecule has 0 radical (unpaired) electrons. The number of nitrogens with zero attached hydrogens (tertiary/aromatic N) is 4. The highest BCUT2D eigenvalue weighted by atomic mass is 79.9. The van der Waals surface area contributed by atoms with Crippen LogP contribution in [0.4, 0.5) is 0 Å². The monoisotopic (exact) mass is 414 g/mol. The van der Waals surface area contributed by atoms with Crippen molar-refractivity contribution >= 4 is 27.3 Å². The van der Waals surface area contributed by atoms with Gasteiger partial charge in [-0.2, -0.15) is 10.1 Å². The Morgan fingerprint density at radius 2 is 1.96 bits per heavy atom. The van der Waals surface area contributed by atoms with E-state index in [2.05, 4.69) is 50.2 Å². The van der Waals surface area contributed by atoms with Crippen molar-refractivity contribution in [1.29, 1.82) is 0 Å². The summed E-state index contributed by atoms with van der Waals surface area (Å²) >= 11 is 5.16. The summed E-state index contributed by atoms with van der Waals surface area (Å²) in [5.41, 5.74) is 4.20. The second-order valence-corrected chi connectivity index (χ2v) is 7.48. The first kappa shape index (κ1) is 16.2. The van der Waals surface area contributed by atoms with Crippen LogP contribution in [0.25, 0.3) is 22.2 Å². The lowest BCUT2D eigenvalue weighted by Crippen LogP contribution is -2.03. The normalized spacial score (nSPS) is 11.2. The summed E-state index contributed by atoms with van der Waals surface area (Å²) in [5, 5.41) is 10.6. The third-order valence-electron chi connectivity index (χ3n) is 3.99. The molecule has 0 N–H and O–H groups in total. The number of halogens is 1. The van der Waals surface area contributed by atoms with Crippen molar-refractivity contribution in [2.45, 2.75) is 20.4 Å². The van der Waals surface area contributed by atoms with Gasteiger partial charge in [0.25, 0.3) is 5.89 Å². The van der Waals surface area contributed by atoms with Gasteiger partial charge in [-0.05, 0) is 58.9 Å². The summed E-state index contributed by atoms with van der Waals surface area (Å²) in [6, 6.07) is 12.1. The summed E-state index contributed by atoms with van der Waals surface area (Å²) in [7, 11) is 0. The van der Waals surface area contributed by atoms with Crippen LogP contribution in [0.5, 0.6) is 0 Å². The highest BCUT2D eigenvalue weighted by Gasteiger charge is 2.12. The second-order valence-electron chi connectivity index (χ2n) is 5.74. The predicted molar refractivity (Wildman–Crippen MR) is 102 cm³/mol. The van der Waals surface area contributed by atoms with Crippen LogP contribution in [0.2, 0.25) is 0 Å². The Morgan fingerprint density at radius 3 is 2.60 bits per heavy atom. The number of aryl methyl sites for hydroxylation is 1. The smallest absolute Gasteiger partial charge is 0.258 e. The Balaban J connectivity index is 1.55. The topological polar surface area (TPSA) is 56.7 Å². The second kappa shape index (κ2) is 6.57. The molecule has 0 aliphatic heterocycles. The van der Waals surface area contributed by atoms with Crippen LogP contribution in [-0.2, 0) is 6.54 Å². The lowest BCUT2D eigenvalue weighted by atomic mass is 10.1. The van der Waals surface area contributed by atoms with E-state index >= 15 is 0 Å². The van der Waals surface area contributed by atoms with Crippen molar-refractivity contribution in [2.24, 2.45) is 0 Å². The molecule has 3 heterocycles. The van der Waals surface area contributed by atoms with Gasteiger partial charge in [-0.1, -0.05) is 23.4 Å². The fraction of sp³-hybridized carbons (Fsp3) is 0.167. The molecule has 25 heavy (non-hydrogen) atoms. The molecule has 3 aromatic heterocycles. The fourth-order valence-corrected chi connectivity index (χ4v) is 3.53. The van der Waals surface area contributed by atoms with E-state index < -0.39 is 0 Å². The van der Waals surface area contributed by atoms with E-state index in [-0.39, 0.29) is 0 Å². The highest BCUT2D eigenvalue weighted by molar-refractivity contribution is 9.10. The lowest BCUT2D eigenvalue weighted by molar-refractivity contribution is 0.432. The minimum Gasteiger partial charge on any atom is -0.334 e. The molecule has 0 saturated heterocycles. The third-order valence-corrected chi connectivity index (χ3v) is 6.01. The van der Waals surface area contributed by atoms with Gasteiger partial charge in [0.1, 0.15) is 0 Å². The van der Waals surface area contributed by atoms with Gasteiger partial charge in [0.15, 0.2) is 0 Å². The molecule has 1 aromatic carbocycles. The summed E-state index contributed by atoms with van der Waals surface area (Å²) < 4.78 is 8.45. The fourth-order valence-electron chi connectivity index (χ4n) is 2.60. The molecule has 0 unspecified atom stereocenters. The molecule has 0 atom stereocenters.